The van der Waals surface area contributed by atoms with Crippen molar-refractivity contribution >= 4 is 17.2 Å². The number of nitrogens with zero attached hydrogens (tertiary/aromatic N) is 3. The second-order valence-electron chi connectivity index (χ2n) is 3.94. The second-order valence-corrected chi connectivity index (χ2v) is 3.94. The summed E-state index contributed by atoms with van der Waals surface area (Å²) in [4.78, 5) is 11.7. The monoisotopic (exact) mass is 238 g/mol. The third-order valence-electron chi connectivity index (χ3n) is 2.77. The van der Waals surface area contributed by atoms with Crippen molar-refractivity contribution in [2.45, 2.75) is 19.3 Å². The molecular weight excluding hydrogens is 228 g/mol. The SMILES string of the molecule is N#CC(C#N)=NNc1ccc2c(c1)C(=O)CCC2. The Morgan fingerprint density at radius 3 is 2.78 bits per heavy atom. The summed E-state index contributed by atoms with van der Waals surface area (Å²) >= 11 is 0. The first-order valence-corrected chi connectivity index (χ1v) is 5.54. The zero-order chi connectivity index (χ0) is 13.0. The number of fused-ring (bicyclic) bond motifs is 1. The number of hydrogen-bond donors (Lipinski definition) is 1. The van der Waals surface area contributed by atoms with E-state index in [1.54, 1.807) is 24.3 Å². The minimum Gasteiger partial charge on any atom is -0.294 e. The van der Waals surface area contributed by atoms with Crippen molar-refractivity contribution in [3.8, 4) is 12.1 Å². The van der Waals surface area contributed by atoms with Gasteiger partial charge in [0.25, 0.3) is 0 Å². The Hall–Kier alpha value is -2.66. The van der Waals surface area contributed by atoms with Gasteiger partial charge in [0.15, 0.2) is 5.78 Å². The lowest BCUT2D eigenvalue weighted by molar-refractivity contribution is 0.0972. The van der Waals surface area contributed by atoms with E-state index in [1.165, 1.54) is 0 Å². The van der Waals surface area contributed by atoms with Crippen LogP contribution in [0.15, 0.2) is 23.3 Å². The van der Waals surface area contributed by atoms with Crippen molar-refractivity contribution in [3.63, 3.8) is 0 Å². The zero-order valence-electron chi connectivity index (χ0n) is 9.60. The van der Waals surface area contributed by atoms with Crippen molar-refractivity contribution in [2.75, 3.05) is 5.43 Å². The number of rotatable bonds is 2. The molecule has 0 unspecified atom stereocenters. The van der Waals surface area contributed by atoms with Crippen LogP contribution in [0.4, 0.5) is 5.69 Å². The number of aryl methyl sites for hydroxylation is 1. The summed E-state index contributed by atoms with van der Waals surface area (Å²) in [6.45, 7) is 0. The van der Waals surface area contributed by atoms with Gasteiger partial charge < -0.3 is 0 Å². The Morgan fingerprint density at radius 1 is 1.28 bits per heavy atom. The first kappa shape index (κ1) is 11.8. The maximum atomic E-state index is 11.7. The van der Waals surface area contributed by atoms with E-state index in [2.05, 4.69) is 10.5 Å². The molecule has 5 heteroatoms. The molecule has 0 aliphatic heterocycles. The van der Waals surface area contributed by atoms with E-state index in [0.717, 1.165) is 18.4 Å². The standard InChI is InChI=1S/C13H10N4O/c14-7-11(8-15)17-16-10-5-4-9-2-1-3-13(18)12(9)6-10/h4-6,16H,1-3H2. The molecule has 0 saturated carbocycles. The molecule has 5 nitrogen and oxygen atoms in total. The van der Waals surface area contributed by atoms with Crippen LogP contribution in [0.1, 0.15) is 28.8 Å². The van der Waals surface area contributed by atoms with Crippen molar-refractivity contribution in [2.24, 2.45) is 5.10 Å². The van der Waals surface area contributed by atoms with Crippen LogP contribution >= 0.6 is 0 Å². The third kappa shape index (κ3) is 2.36. The van der Waals surface area contributed by atoms with Gasteiger partial charge in [-0.3, -0.25) is 10.2 Å². The fourth-order valence-electron chi connectivity index (χ4n) is 1.89. The van der Waals surface area contributed by atoms with Crippen molar-refractivity contribution in [3.05, 3.63) is 29.3 Å². The molecule has 1 aromatic carbocycles. The molecule has 2 rings (SSSR count). The third-order valence-corrected chi connectivity index (χ3v) is 2.77. The van der Waals surface area contributed by atoms with E-state index >= 15 is 0 Å². The highest BCUT2D eigenvalue weighted by Gasteiger charge is 2.16. The molecule has 0 radical (unpaired) electrons. The van der Waals surface area contributed by atoms with E-state index in [9.17, 15) is 4.79 Å². The lowest BCUT2D eigenvalue weighted by Gasteiger charge is -2.15. The first-order valence-electron chi connectivity index (χ1n) is 5.54. The number of anilines is 1. The number of hydrazone groups is 1. The summed E-state index contributed by atoms with van der Waals surface area (Å²) in [6, 6.07) is 8.68. The van der Waals surface area contributed by atoms with Gasteiger partial charge in [0, 0.05) is 12.0 Å². The normalized spacial score (nSPS) is 12.9. The molecule has 0 heterocycles. The van der Waals surface area contributed by atoms with Crippen LogP contribution in [-0.2, 0) is 6.42 Å². The maximum absolute atomic E-state index is 11.7. The van der Waals surface area contributed by atoms with Crippen LogP contribution in [0.25, 0.3) is 0 Å². The van der Waals surface area contributed by atoms with Gasteiger partial charge in [0.05, 0.1) is 5.69 Å². The number of benzene rings is 1. The van der Waals surface area contributed by atoms with Crippen molar-refractivity contribution in [1.82, 2.24) is 0 Å². The van der Waals surface area contributed by atoms with Gasteiger partial charge in [-0.1, -0.05) is 6.07 Å². The number of nitrogens with one attached hydrogen (secondary N) is 1. The minimum atomic E-state index is -0.251. The van der Waals surface area contributed by atoms with Crippen LogP contribution in [0, 0.1) is 22.7 Å². The fourth-order valence-corrected chi connectivity index (χ4v) is 1.89. The van der Waals surface area contributed by atoms with Gasteiger partial charge in [-0.25, -0.2) is 0 Å². The summed E-state index contributed by atoms with van der Waals surface area (Å²) in [6.07, 6.45) is 2.37. The molecule has 0 amide bonds. The molecule has 0 atom stereocenters. The molecule has 18 heavy (non-hydrogen) atoms. The highest BCUT2D eigenvalue weighted by molar-refractivity contribution is 6.10. The van der Waals surface area contributed by atoms with E-state index in [-0.39, 0.29) is 11.5 Å². The molecule has 88 valence electrons. The second kappa shape index (κ2) is 5.11. The van der Waals surface area contributed by atoms with E-state index in [0.29, 0.717) is 17.7 Å². The van der Waals surface area contributed by atoms with E-state index in [4.69, 9.17) is 10.5 Å². The number of nitriles is 2. The average Bonchev–Trinajstić information content (AvgIpc) is 2.41. The smallest absolute Gasteiger partial charge is 0.237 e. The molecule has 0 fully saturated rings. The quantitative estimate of drug-likeness (QED) is 0.630. The first-order chi connectivity index (χ1) is 8.74. The Bertz CT molecular complexity index is 588. The molecule has 0 bridgehead atoms. The molecule has 0 spiro atoms. The van der Waals surface area contributed by atoms with Crippen molar-refractivity contribution in [1.29, 1.82) is 10.5 Å². The highest BCUT2D eigenvalue weighted by Crippen LogP contribution is 2.24. The molecule has 1 aliphatic carbocycles. The number of ketones is 1. The minimum absolute atomic E-state index is 0.129. The van der Waals surface area contributed by atoms with Crippen LogP contribution in [0.5, 0.6) is 0 Å². The molecule has 1 aliphatic rings. The van der Waals surface area contributed by atoms with Gasteiger partial charge in [0.1, 0.15) is 12.1 Å². The molecular formula is C13H10N4O. The van der Waals surface area contributed by atoms with E-state index in [1.807, 2.05) is 6.07 Å². The number of Topliss-reactive ketones (excluding diaryl/α,β-unsaturated/α-hetero) is 1. The lowest BCUT2D eigenvalue weighted by Crippen LogP contribution is -2.11. The molecule has 0 aromatic heterocycles. The average molecular weight is 238 g/mol. The largest absolute Gasteiger partial charge is 0.294 e. The van der Waals surface area contributed by atoms with Gasteiger partial charge in [-0.05, 0) is 30.5 Å². The van der Waals surface area contributed by atoms with Gasteiger partial charge >= 0.3 is 0 Å². The van der Waals surface area contributed by atoms with Crippen LogP contribution in [-0.4, -0.2) is 11.5 Å². The predicted octanol–water partition coefficient (Wildman–Crippen LogP) is 2.02. The lowest BCUT2D eigenvalue weighted by atomic mass is 9.90. The molecule has 1 N–H and O–H groups in total. The Labute approximate surface area is 104 Å². The number of carbonyl (C=O) groups excluding carboxylic acids is 1. The predicted molar refractivity (Wildman–Crippen MR) is 66.0 cm³/mol. The summed E-state index contributed by atoms with van der Waals surface area (Å²) in [7, 11) is 0. The maximum Gasteiger partial charge on any atom is 0.237 e. The molecule has 0 saturated heterocycles. The van der Waals surface area contributed by atoms with E-state index < -0.39 is 0 Å². The van der Waals surface area contributed by atoms with Crippen LogP contribution in [0.2, 0.25) is 0 Å². The Kier molecular flexibility index (Phi) is 3.36. The van der Waals surface area contributed by atoms with Gasteiger partial charge in [0.2, 0.25) is 5.71 Å². The topological polar surface area (TPSA) is 89.0 Å². The van der Waals surface area contributed by atoms with Crippen LogP contribution in [0.3, 0.4) is 0 Å². The highest BCUT2D eigenvalue weighted by atomic mass is 16.1. The summed E-state index contributed by atoms with van der Waals surface area (Å²) in [5.74, 6) is 0.129. The van der Waals surface area contributed by atoms with Crippen LogP contribution < -0.4 is 5.43 Å². The fraction of sp³-hybridized carbons (Fsp3) is 0.231. The van der Waals surface area contributed by atoms with Crippen molar-refractivity contribution < 1.29 is 4.79 Å². The summed E-state index contributed by atoms with van der Waals surface area (Å²) < 4.78 is 0. The molecule has 1 aromatic rings. The summed E-state index contributed by atoms with van der Waals surface area (Å²) in [5.41, 5.74) is 4.71. The summed E-state index contributed by atoms with van der Waals surface area (Å²) in [5, 5.41) is 20.7. The Morgan fingerprint density at radius 2 is 2.06 bits per heavy atom. The Balaban J connectivity index is 2.25. The van der Waals surface area contributed by atoms with Gasteiger partial charge in [-0.15, -0.1) is 0 Å². The van der Waals surface area contributed by atoms with Gasteiger partial charge in [-0.2, -0.15) is 15.6 Å². The number of carbonyl (C=O) groups is 1. The number of hydrogen-bond acceptors (Lipinski definition) is 5. The zero-order valence-corrected chi connectivity index (χ0v) is 9.60.